The smallest absolute Gasteiger partial charge is 0 e. The Balaban J connectivity index is 0. The van der Waals surface area contributed by atoms with Gasteiger partial charge in [0.25, 0.3) is 0 Å². The van der Waals surface area contributed by atoms with E-state index in [0.29, 0.717) is 7.24 Å². The maximum absolute atomic E-state index is 3.33. The van der Waals surface area contributed by atoms with Gasteiger partial charge in [-0.15, -0.1) is 7.24 Å². The Morgan fingerprint density at radius 2 is 1.80 bits per heavy atom. The summed E-state index contributed by atoms with van der Waals surface area (Å²) in [7, 11) is 3.74. The van der Waals surface area contributed by atoms with Crippen LogP contribution in [0.4, 0.5) is 0 Å². The van der Waals surface area contributed by atoms with Gasteiger partial charge in [0.2, 0.25) is 0 Å². The van der Waals surface area contributed by atoms with Crippen molar-refractivity contribution in [2.24, 2.45) is 0 Å². The second-order valence-electron chi connectivity index (χ2n) is 0.436. The maximum atomic E-state index is 3.33. The molecule has 0 saturated heterocycles. The fraction of sp³-hybridized carbons (Fsp3) is 1.00. The van der Waals surface area contributed by atoms with E-state index >= 15 is 0 Å². The molecule has 1 unspecified atom stereocenters. The van der Waals surface area contributed by atoms with Gasteiger partial charge in [-0.3, -0.25) is 0 Å². The summed E-state index contributed by atoms with van der Waals surface area (Å²) in [5, 5.41) is 0. The van der Waals surface area contributed by atoms with Crippen LogP contribution < -0.4 is 0 Å². The molecule has 4 heteroatoms. The van der Waals surface area contributed by atoms with Crippen molar-refractivity contribution in [1.29, 1.82) is 0 Å². The van der Waals surface area contributed by atoms with Crippen molar-refractivity contribution in [3.8, 4) is 0 Å². The SMILES string of the molecule is CS(=P)I.[Ti]. The molecule has 0 aliphatic carbocycles. The second-order valence-corrected chi connectivity index (χ2v) is 9.60. The van der Waals surface area contributed by atoms with Crippen molar-refractivity contribution < 1.29 is 21.7 Å². The summed E-state index contributed by atoms with van der Waals surface area (Å²) < 4.78 is 0. The summed E-state index contributed by atoms with van der Waals surface area (Å²) in [6, 6.07) is 0. The van der Waals surface area contributed by atoms with Crippen LogP contribution in [0.25, 0.3) is 0 Å². The van der Waals surface area contributed by atoms with Crippen molar-refractivity contribution in [3.63, 3.8) is 0 Å². The van der Waals surface area contributed by atoms with Gasteiger partial charge in [-0.1, -0.05) is 8.02 Å². The molecular formula is CH4IPSTi. The first kappa shape index (κ1) is 10.2. The third-order valence-electron chi connectivity index (χ3n) is 0. The molecule has 30 valence electrons. The van der Waals surface area contributed by atoms with Gasteiger partial charge in [0.15, 0.2) is 0 Å². The van der Waals surface area contributed by atoms with Crippen LogP contribution >= 0.6 is 29.2 Å². The van der Waals surface area contributed by atoms with Gasteiger partial charge in [-0.2, -0.15) is 0 Å². The molecular weight excluding hydrogens is 250 g/mol. The summed E-state index contributed by atoms with van der Waals surface area (Å²) in [4.78, 5) is 0. The molecule has 1 atom stereocenters. The fourth-order valence-corrected chi connectivity index (χ4v) is 0. The molecule has 0 bridgehead atoms. The number of hydrogen-bond acceptors (Lipinski definition) is 0. The molecule has 0 fully saturated rings. The molecule has 5 heavy (non-hydrogen) atoms. The van der Waals surface area contributed by atoms with Crippen molar-refractivity contribution in [2.75, 3.05) is 6.26 Å². The summed E-state index contributed by atoms with van der Waals surface area (Å²) in [5.74, 6) is 0. The van der Waals surface area contributed by atoms with Gasteiger partial charge in [-0.25, -0.2) is 0 Å². The predicted molar refractivity (Wildman–Crippen MR) is 35.6 cm³/mol. The summed E-state index contributed by atoms with van der Waals surface area (Å²) in [6.45, 7) is 0. The molecule has 0 nitrogen and oxygen atoms in total. The summed E-state index contributed by atoms with van der Waals surface area (Å²) in [5.41, 5.74) is 0. The number of hydrogen-bond donors (Lipinski definition) is 0. The van der Waals surface area contributed by atoms with Gasteiger partial charge < -0.3 is 0 Å². The van der Waals surface area contributed by atoms with Gasteiger partial charge >= 0.3 is 0 Å². The van der Waals surface area contributed by atoms with Crippen LogP contribution in [-0.2, 0) is 29.0 Å². The molecule has 0 aromatic carbocycles. The Labute approximate surface area is 63.8 Å². The summed E-state index contributed by atoms with van der Waals surface area (Å²) >= 11 is 2.28. The van der Waals surface area contributed by atoms with Crippen LogP contribution in [0.5, 0.6) is 0 Å². The zero-order valence-corrected chi connectivity index (χ0v) is 8.32. The molecule has 0 aromatic heterocycles. The largest absolute Gasteiger partial charge is 0.106 e. The van der Waals surface area contributed by atoms with Gasteiger partial charge in [-0.05, 0) is 27.5 Å². The van der Waals surface area contributed by atoms with Crippen molar-refractivity contribution >= 4 is 36.5 Å². The molecule has 0 saturated carbocycles. The van der Waals surface area contributed by atoms with Crippen molar-refractivity contribution in [1.82, 2.24) is 0 Å². The standard InChI is InChI=1S/CH4IPS.Ti/c1-4(2)3;/h3H,1H3;. The van der Waals surface area contributed by atoms with Crippen LogP contribution in [0.2, 0.25) is 0 Å². The van der Waals surface area contributed by atoms with Crippen LogP contribution in [0.3, 0.4) is 0 Å². The first-order chi connectivity index (χ1) is 1.73. The first-order valence-corrected chi connectivity index (χ1v) is 6.17. The van der Waals surface area contributed by atoms with E-state index in [4.69, 9.17) is 0 Å². The third kappa shape index (κ3) is 23.3. The molecule has 0 rings (SSSR count). The maximum Gasteiger partial charge on any atom is 0 e. The first-order valence-electron chi connectivity index (χ1n) is 0.767. The normalized spacial score (nSPS) is 12.4. The van der Waals surface area contributed by atoms with Crippen molar-refractivity contribution in [2.45, 2.75) is 0 Å². The van der Waals surface area contributed by atoms with E-state index in [2.05, 4.69) is 35.5 Å². The van der Waals surface area contributed by atoms with Crippen LogP contribution in [0.1, 0.15) is 0 Å². The Morgan fingerprint density at radius 3 is 1.80 bits per heavy atom. The van der Waals surface area contributed by atoms with E-state index in [9.17, 15) is 0 Å². The van der Waals surface area contributed by atoms with E-state index in [1.807, 2.05) is 0 Å². The Bertz CT molecular complexity index is 34.6. The van der Waals surface area contributed by atoms with E-state index in [0.717, 1.165) is 0 Å². The van der Waals surface area contributed by atoms with E-state index < -0.39 is 0 Å². The minimum atomic E-state index is 0. The zero-order chi connectivity index (χ0) is 3.58. The van der Waals surface area contributed by atoms with Crippen LogP contribution in [0.15, 0.2) is 0 Å². The average Bonchev–Trinajstić information content (AvgIpc) is 0.811. The fourth-order valence-electron chi connectivity index (χ4n) is 0. The monoisotopic (exact) mass is 254 g/mol. The van der Waals surface area contributed by atoms with Crippen LogP contribution in [-0.4, -0.2) is 6.26 Å². The molecule has 0 N–H and O–H groups in total. The van der Waals surface area contributed by atoms with E-state index in [-0.39, 0.29) is 21.7 Å². The average molecular weight is 254 g/mol. The Hall–Kier alpha value is 2.09. The third-order valence-corrected chi connectivity index (χ3v) is 0. The predicted octanol–water partition coefficient (Wildman–Crippen LogP) is 1.64. The molecule has 0 amide bonds. The van der Waals surface area contributed by atoms with Gasteiger partial charge in [0.1, 0.15) is 0 Å². The molecule has 0 spiro atoms. The molecule has 0 radical (unpaired) electrons. The second kappa shape index (κ2) is 6.09. The summed E-state index contributed by atoms with van der Waals surface area (Å²) in [6.07, 6.45) is 2.09. The van der Waals surface area contributed by atoms with E-state index in [1.54, 1.807) is 0 Å². The minimum Gasteiger partial charge on any atom is -0.106 e. The minimum absolute atomic E-state index is 0. The van der Waals surface area contributed by atoms with Gasteiger partial charge in [0, 0.05) is 21.7 Å². The molecule has 0 aromatic rings. The quantitative estimate of drug-likeness (QED) is 0.350. The molecule has 0 aliphatic heterocycles. The van der Waals surface area contributed by atoms with Crippen molar-refractivity contribution in [3.05, 3.63) is 0 Å². The zero-order valence-electron chi connectivity index (χ0n) is 2.79. The molecule has 0 heterocycles. The topological polar surface area (TPSA) is 0 Å². The van der Waals surface area contributed by atoms with Crippen LogP contribution in [0, 0.1) is 0 Å². The van der Waals surface area contributed by atoms with Gasteiger partial charge in [0.05, 0.1) is 0 Å². The van der Waals surface area contributed by atoms with E-state index in [1.165, 1.54) is 0 Å². The number of rotatable bonds is 0. The Kier molecular flexibility index (Phi) is 12.4. The molecule has 0 aliphatic rings. The number of halogens is 1. The Morgan fingerprint density at radius 1 is 1.80 bits per heavy atom.